The molecule has 2 amide bonds. The number of hydrogen-bond donors (Lipinski definition) is 2. The number of benzene rings is 2. The van der Waals surface area contributed by atoms with Crippen molar-refractivity contribution >= 4 is 23.4 Å². The summed E-state index contributed by atoms with van der Waals surface area (Å²) in [6.07, 6.45) is 0. The zero-order chi connectivity index (χ0) is 16.8. The quantitative estimate of drug-likeness (QED) is 0.884. The maximum Gasteiger partial charge on any atom is 0.251 e. The molecule has 4 nitrogen and oxygen atoms in total. The van der Waals surface area contributed by atoms with Crippen molar-refractivity contribution in [2.75, 3.05) is 6.54 Å². The van der Waals surface area contributed by atoms with Crippen LogP contribution in [0.3, 0.4) is 0 Å². The third-order valence-corrected chi connectivity index (χ3v) is 3.76. The molecule has 0 aliphatic heterocycles. The van der Waals surface area contributed by atoms with E-state index in [1.165, 1.54) is 0 Å². The molecule has 1 atom stereocenters. The molecule has 2 rings (SSSR count). The van der Waals surface area contributed by atoms with Crippen molar-refractivity contribution < 1.29 is 9.59 Å². The zero-order valence-electron chi connectivity index (χ0n) is 13.1. The van der Waals surface area contributed by atoms with Gasteiger partial charge in [-0.3, -0.25) is 9.59 Å². The van der Waals surface area contributed by atoms with Crippen molar-refractivity contribution in [3.63, 3.8) is 0 Å². The standard InChI is InChI=1S/C18H19ClN2O2/c1-12-6-3-4-9-16(12)18(23)20-11-17(22)21-13(2)14-7-5-8-15(19)10-14/h3-10,13H,11H2,1-2H3,(H,20,23)(H,21,22). The molecule has 23 heavy (non-hydrogen) atoms. The summed E-state index contributed by atoms with van der Waals surface area (Å²) in [5.41, 5.74) is 2.36. The minimum Gasteiger partial charge on any atom is -0.348 e. The number of carbonyl (C=O) groups is 2. The lowest BCUT2D eigenvalue weighted by Gasteiger charge is -2.15. The lowest BCUT2D eigenvalue weighted by Crippen LogP contribution is -2.38. The first-order valence-corrected chi connectivity index (χ1v) is 7.74. The zero-order valence-corrected chi connectivity index (χ0v) is 13.9. The van der Waals surface area contributed by atoms with Crippen molar-refractivity contribution in [3.8, 4) is 0 Å². The van der Waals surface area contributed by atoms with Crippen LogP contribution < -0.4 is 10.6 Å². The molecule has 2 aromatic carbocycles. The smallest absolute Gasteiger partial charge is 0.251 e. The van der Waals surface area contributed by atoms with E-state index in [1.54, 1.807) is 24.3 Å². The fourth-order valence-electron chi connectivity index (χ4n) is 2.24. The van der Waals surface area contributed by atoms with Crippen LogP contribution in [0.4, 0.5) is 0 Å². The maximum atomic E-state index is 12.1. The van der Waals surface area contributed by atoms with Crippen LogP contribution in [0.1, 0.15) is 34.5 Å². The average molecular weight is 331 g/mol. The summed E-state index contributed by atoms with van der Waals surface area (Å²) in [5, 5.41) is 6.08. The number of nitrogens with one attached hydrogen (secondary N) is 2. The number of halogens is 1. The average Bonchev–Trinajstić information content (AvgIpc) is 2.53. The largest absolute Gasteiger partial charge is 0.348 e. The Morgan fingerprint density at radius 2 is 1.87 bits per heavy atom. The second-order valence-electron chi connectivity index (χ2n) is 5.34. The topological polar surface area (TPSA) is 58.2 Å². The van der Waals surface area contributed by atoms with Crippen molar-refractivity contribution in [1.82, 2.24) is 10.6 Å². The van der Waals surface area contributed by atoms with Gasteiger partial charge in [0.15, 0.2) is 0 Å². The van der Waals surface area contributed by atoms with Gasteiger partial charge in [0.2, 0.25) is 5.91 Å². The highest BCUT2D eigenvalue weighted by Crippen LogP contribution is 2.17. The normalized spacial score (nSPS) is 11.6. The molecule has 0 aliphatic carbocycles. The summed E-state index contributed by atoms with van der Waals surface area (Å²) in [4.78, 5) is 24.0. The minimum absolute atomic E-state index is 0.0714. The molecule has 0 saturated carbocycles. The van der Waals surface area contributed by atoms with E-state index in [-0.39, 0.29) is 24.4 Å². The Hall–Kier alpha value is -2.33. The lowest BCUT2D eigenvalue weighted by atomic mass is 10.1. The first kappa shape index (κ1) is 17.0. The lowest BCUT2D eigenvalue weighted by molar-refractivity contribution is -0.120. The molecule has 0 bridgehead atoms. The summed E-state index contributed by atoms with van der Waals surface area (Å²) in [7, 11) is 0. The predicted octanol–water partition coefficient (Wildman–Crippen LogP) is 3.26. The van der Waals surface area contributed by atoms with Crippen molar-refractivity contribution in [2.45, 2.75) is 19.9 Å². The van der Waals surface area contributed by atoms with Crippen molar-refractivity contribution in [1.29, 1.82) is 0 Å². The molecule has 120 valence electrons. The third kappa shape index (κ3) is 4.83. The number of hydrogen-bond acceptors (Lipinski definition) is 2. The molecule has 2 aromatic rings. The number of amides is 2. The maximum absolute atomic E-state index is 12.1. The van der Waals surface area contributed by atoms with Gasteiger partial charge in [0.05, 0.1) is 12.6 Å². The Kier molecular flexibility index (Phi) is 5.77. The van der Waals surface area contributed by atoms with Gasteiger partial charge in [0, 0.05) is 10.6 Å². The third-order valence-electron chi connectivity index (χ3n) is 3.53. The van der Waals surface area contributed by atoms with Crippen LogP contribution in [-0.4, -0.2) is 18.4 Å². The van der Waals surface area contributed by atoms with Crippen molar-refractivity contribution in [2.24, 2.45) is 0 Å². The van der Waals surface area contributed by atoms with Gasteiger partial charge in [-0.25, -0.2) is 0 Å². The highest BCUT2D eigenvalue weighted by molar-refractivity contribution is 6.30. The van der Waals surface area contributed by atoms with Gasteiger partial charge < -0.3 is 10.6 Å². The van der Waals surface area contributed by atoms with Crippen LogP contribution in [0.15, 0.2) is 48.5 Å². The van der Waals surface area contributed by atoms with E-state index in [4.69, 9.17) is 11.6 Å². The summed E-state index contributed by atoms with van der Waals surface area (Å²) in [6.45, 7) is 3.65. The van der Waals surface area contributed by atoms with Crippen LogP contribution >= 0.6 is 11.6 Å². The Labute approximate surface area is 140 Å². The van der Waals surface area contributed by atoms with Crippen molar-refractivity contribution in [3.05, 3.63) is 70.2 Å². The molecular weight excluding hydrogens is 312 g/mol. The van der Waals surface area contributed by atoms with Crippen LogP contribution in [-0.2, 0) is 4.79 Å². The van der Waals surface area contributed by atoms with E-state index in [0.29, 0.717) is 10.6 Å². The highest BCUT2D eigenvalue weighted by Gasteiger charge is 2.12. The molecular formula is C18H19ClN2O2. The molecule has 0 aliphatic rings. The first-order valence-electron chi connectivity index (χ1n) is 7.36. The Balaban J connectivity index is 1.88. The van der Waals surface area contributed by atoms with E-state index >= 15 is 0 Å². The Bertz CT molecular complexity index is 716. The second kappa shape index (κ2) is 7.79. The van der Waals surface area contributed by atoms with Gasteiger partial charge in [-0.15, -0.1) is 0 Å². The molecule has 0 radical (unpaired) electrons. The van der Waals surface area contributed by atoms with E-state index in [0.717, 1.165) is 11.1 Å². The highest BCUT2D eigenvalue weighted by atomic mass is 35.5. The van der Waals surface area contributed by atoms with E-state index < -0.39 is 0 Å². The van der Waals surface area contributed by atoms with Crippen LogP contribution in [0.25, 0.3) is 0 Å². The van der Waals surface area contributed by atoms with Crippen LogP contribution in [0.5, 0.6) is 0 Å². The number of carbonyl (C=O) groups excluding carboxylic acids is 2. The Morgan fingerprint density at radius 3 is 2.57 bits per heavy atom. The van der Waals surface area contributed by atoms with E-state index in [2.05, 4.69) is 10.6 Å². The van der Waals surface area contributed by atoms with E-state index in [1.807, 2.05) is 38.1 Å². The van der Waals surface area contributed by atoms with Gasteiger partial charge in [0.25, 0.3) is 5.91 Å². The SMILES string of the molecule is Cc1ccccc1C(=O)NCC(=O)NC(C)c1cccc(Cl)c1. The molecule has 5 heteroatoms. The van der Waals surface area contributed by atoms with Crippen LogP contribution in [0.2, 0.25) is 5.02 Å². The Morgan fingerprint density at radius 1 is 1.13 bits per heavy atom. The molecule has 0 fully saturated rings. The van der Waals surface area contributed by atoms with Gasteiger partial charge in [-0.1, -0.05) is 41.9 Å². The minimum atomic E-state index is -0.256. The summed E-state index contributed by atoms with van der Waals surface area (Å²) < 4.78 is 0. The second-order valence-corrected chi connectivity index (χ2v) is 5.78. The monoisotopic (exact) mass is 330 g/mol. The fourth-order valence-corrected chi connectivity index (χ4v) is 2.43. The first-order chi connectivity index (χ1) is 11.0. The van der Waals surface area contributed by atoms with Gasteiger partial charge >= 0.3 is 0 Å². The summed E-state index contributed by atoms with van der Waals surface area (Å²) in [5.74, 6) is -0.506. The van der Waals surface area contributed by atoms with Gasteiger partial charge in [-0.05, 0) is 43.2 Å². The fraction of sp³-hybridized carbons (Fsp3) is 0.222. The summed E-state index contributed by atoms with van der Waals surface area (Å²) >= 11 is 5.94. The molecule has 0 heterocycles. The molecule has 1 unspecified atom stereocenters. The molecule has 2 N–H and O–H groups in total. The number of aryl methyl sites for hydroxylation is 1. The van der Waals surface area contributed by atoms with E-state index in [9.17, 15) is 9.59 Å². The number of rotatable bonds is 5. The van der Waals surface area contributed by atoms with Gasteiger partial charge in [-0.2, -0.15) is 0 Å². The predicted molar refractivity (Wildman–Crippen MR) is 91.5 cm³/mol. The molecule has 0 aromatic heterocycles. The van der Waals surface area contributed by atoms with Gasteiger partial charge in [0.1, 0.15) is 0 Å². The van der Waals surface area contributed by atoms with Crippen LogP contribution in [0, 0.1) is 6.92 Å². The molecule has 0 spiro atoms. The molecule has 0 saturated heterocycles. The summed E-state index contributed by atoms with van der Waals surface area (Å²) in [6, 6.07) is 14.4.